The lowest BCUT2D eigenvalue weighted by Crippen LogP contribution is -2.29. The second-order valence-corrected chi connectivity index (χ2v) is 3.93. The van der Waals surface area contributed by atoms with Gasteiger partial charge in [0, 0.05) is 18.5 Å². The number of nitrogens with one attached hydrogen (secondary N) is 1. The van der Waals surface area contributed by atoms with Gasteiger partial charge < -0.3 is 5.32 Å². The molecule has 1 atom stereocenters. The number of benzene rings is 1. The molecule has 0 aliphatic heterocycles. The molecular formula is C12H18ClN. The Morgan fingerprint density at radius 3 is 2.43 bits per heavy atom. The van der Waals surface area contributed by atoms with Crippen LogP contribution in [0, 0.1) is 6.92 Å². The van der Waals surface area contributed by atoms with Gasteiger partial charge in [0.2, 0.25) is 0 Å². The molecule has 0 aromatic heterocycles. The van der Waals surface area contributed by atoms with Gasteiger partial charge in [0.05, 0.1) is 0 Å². The molecular weight excluding hydrogens is 194 g/mol. The molecule has 1 aromatic carbocycles. The Morgan fingerprint density at radius 2 is 1.93 bits per heavy atom. The Balaban J connectivity index is 2.41. The Hall–Kier alpha value is -0.530. The number of halogens is 1. The van der Waals surface area contributed by atoms with Crippen molar-refractivity contribution in [3.8, 4) is 0 Å². The quantitative estimate of drug-likeness (QED) is 0.739. The van der Waals surface area contributed by atoms with Crippen molar-refractivity contribution >= 4 is 11.6 Å². The van der Waals surface area contributed by atoms with E-state index in [1.54, 1.807) is 0 Å². The largest absolute Gasteiger partial charge is 0.309 e. The van der Waals surface area contributed by atoms with E-state index in [9.17, 15) is 0 Å². The van der Waals surface area contributed by atoms with Gasteiger partial charge >= 0.3 is 0 Å². The summed E-state index contributed by atoms with van der Waals surface area (Å²) < 4.78 is 0. The molecule has 78 valence electrons. The van der Waals surface area contributed by atoms with Crippen molar-refractivity contribution in [2.45, 2.75) is 32.9 Å². The molecule has 0 bridgehead atoms. The van der Waals surface area contributed by atoms with Crippen LogP contribution in [-0.2, 0) is 6.54 Å². The molecule has 1 nitrogen and oxygen atoms in total. The summed E-state index contributed by atoms with van der Waals surface area (Å²) in [4.78, 5) is 0. The summed E-state index contributed by atoms with van der Waals surface area (Å²) in [6.45, 7) is 5.16. The van der Waals surface area contributed by atoms with E-state index in [1.165, 1.54) is 11.1 Å². The highest BCUT2D eigenvalue weighted by Crippen LogP contribution is 2.04. The lowest BCUT2D eigenvalue weighted by atomic mass is 10.1. The smallest absolute Gasteiger partial charge is 0.0377 e. The van der Waals surface area contributed by atoms with Gasteiger partial charge in [0.1, 0.15) is 0 Å². The van der Waals surface area contributed by atoms with E-state index in [0.717, 1.165) is 13.0 Å². The fourth-order valence-electron chi connectivity index (χ4n) is 1.28. The van der Waals surface area contributed by atoms with Crippen molar-refractivity contribution in [3.05, 3.63) is 35.4 Å². The predicted octanol–water partition coefficient (Wildman–Crippen LogP) is 3.10. The molecule has 0 saturated carbocycles. The summed E-state index contributed by atoms with van der Waals surface area (Å²) in [6, 6.07) is 9.02. The van der Waals surface area contributed by atoms with E-state index >= 15 is 0 Å². The summed E-state index contributed by atoms with van der Waals surface area (Å²) in [5, 5.41) is 3.42. The first-order valence-electron chi connectivity index (χ1n) is 5.11. The van der Waals surface area contributed by atoms with Gasteiger partial charge in [-0.15, -0.1) is 11.6 Å². The third-order valence-corrected chi connectivity index (χ3v) is 2.77. The van der Waals surface area contributed by atoms with Gasteiger partial charge in [-0.3, -0.25) is 0 Å². The molecule has 0 spiro atoms. The minimum absolute atomic E-state index is 0.429. The summed E-state index contributed by atoms with van der Waals surface area (Å²) in [5.41, 5.74) is 2.62. The molecule has 0 amide bonds. The van der Waals surface area contributed by atoms with E-state index in [4.69, 9.17) is 11.6 Å². The van der Waals surface area contributed by atoms with Crippen molar-refractivity contribution < 1.29 is 0 Å². The molecule has 1 unspecified atom stereocenters. The molecule has 0 heterocycles. The molecule has 14 heavy (non-hydrogen) atoms. The molecule has 1 N–H and O–H groups in total. The van der Waals surface area contributed by atoms with Crippen LogP contribution < -0.4 is 5.32 Å². The number of rotatable bonds is 5. The summed E-state index contributed by atoms with van der Waals surface area (Å²) in [7, 11) is 0. The van der Waals surface area contributed by atoms with Crippen molar-refractivity contribution in [2.75, 3.05) is 5.88 Å². The van der Waals surface area contributed by atoms with E-state index in [0.29, 0.717) is 11.9 Å². The molecule has 0 radical (unpaired) electrons. The van der Waals surface area contributed by atoms with Crippen molar-refractivity contribution in [2.24, 2.45) is 0 Å². The highest BCUT2D eigenvalue weighted by Gasteiger charge is 2.02. The average molecular weight is 212 g/mol. The van der Waals surface area contributed by atoms with Crippen LogP contribution in [-0.4, -0.2) is 11.9 Å². The maximum absolute atomic E-state index is 5.80. The van der Waals surface area contributed by atoms with E-state index in [1.807, 2.05) is 0 Å². The standard InChI is InChI=1S/C12H18ClN/c1-3-12(8-13)14-9-11-6-4-10(2)5-7-11/h4-7,12,14H,3,8-9H2,1-2H3. The summed E-state index contributed by atoms with van der Waals surface area (Å²) >= 11 is 5.80. The van der Waals surface area contributed by atoms with Crippen molar-refractivity contribution in [3.63, 3.8) is 0 Å². The molecule has 0 aliphatic rings. The maximum atomic E-state index is 5.80. The second kappa shape index (κ2) is 6.05. The zero-order chi connectivity index (χ0) is 10.4. The normalized spacial score (nSPS) is 12.8. The summed E-state index contributed by atoms with van der Waals surface area (Å²) in [5.74, 6) is 0.683. The van der Waals surface area contributed by atoms with Crippen LogP contribution in [0.25, 0.3) is 0 Å². The lowest BCUT2D eigenvalue weighted by Gasteiger charge is -2.13. The van der Waals surface area contributed by atoms with E-state index in [-0.39, 0.29) is 0 Å². The highest BCUT2D eigenvalue weighted by atomic mass is 35.5. The van der Waals surface area contributed by atoms with Crippen LogP contribution in [0.1, 0.15) is 24.5 Å². The Labute approximate surface area is 91.5 Å². The Bertz CT molecular complexity index is 252. The number of alkyl halides is 1. The first-order chi connectivity index (χ1) is 6.76. The lowest BCUT2D eigenvalue weighted by molar-refractivity contribution is 0.539. The van der Waals surface area contributed by atoms with Crippen LogP contribution in [0.15, 0.2) is 24.3 Å². The fraction of sp³-hybridized carbons (Fsp3) is 0.500. The molecule has 0 aliphatic carbocycles. The Morgan fingerprint density at radius 1 is 1.29 bits per heavy atom. The van der Waals surface area contributed by atoms with Crippen LogP contribution in [0.5, 0.6) is 0 Å². The van der Waals surface area contributed by atoms with Crippen LogP contribution in [0.2, 0.25) is 0 Å². The third kappa shape index (κ3) is 3.69. The maximum Gasteiger partial charge on any atom is 0.0377 e. The fourth-order valence-corrected chi connectivity index (χ4v) is 1.60. The predicted molar refractivity (Wildman–Crippen MR) is 62.8 cm³/mol. The molecule has 2 heteroatoms. The topological polar surface area (TPSA) is 12.0 Å². The highest BCUT2D eigenvalue weighted by molar-refractivity contribution is 6.18. The summed E-state index contributed by atoms with van der Waals surface area (Å²) in [6.07, 6.45) is 1.08. The minimum atomic E-state index is 0.429. The number of aryl methyl sites for hydroxylation is 1. The first kappa shape index (κ1) is 11.5. The van der Waals surface area contributed by atoms with Crippen molar-refractivity contribution in [1.29, 1.82) is 0 Å². The number of hydrogen-bond donors (Lipinski definition) is 1. The average Bonchev–Trinajstić information content (AvgIpc) is 2.22. The molecule has 0 saturated heterocycles. The van der Waals surface area contributed by atoms with Crippen molar-refractivity contribution in [1.82, 2.24) is 5.32 Å². The zero-order valence-electron chi connectivity index (χ0n) is 8.89. The monoisotopic (exact) mass is 211 g/mol. The van der Waals surface area contributed by atoms with Crippen LogP contribution >= 0.6 is 11.6 Å². The molecule has 0 fully saturated rings. The Kier molecular flexibility index (Phi) is 4.99. The van der Waals surface area contributed by atoms with E-state index < -0.39 is 0 Å². The third-order valence-electron chi connectivity index (χ3n) is 2.39. The van der Waals surface area contributed by atoms with Gasteiger partial charge in [0.15, 0.2) is 0 Å². The number of hydrogen-bond acceptors (Lipinski definition) is 1. The van der Waals surface area contributed by atoms with Crippen LogP contribution in [0.3, 0.4) is 0 Å². The minimum Gasteiger partial charge on any atom is -0.309 e. The molecule has 1 aromatic rings. The SMILES string of the molecule is CCC(CCl)NCc1ccc(C)cc1. The van der Waals surface area contributed by atoms with Gasteiger partial charge in [-0.1, -0.05) is 36.8 Å². The second-order valence-electron chi connectivity index (χ2n) is 3.63. The van der Waals surface area contributed by atoms with E-state index in [2.05, 4.69) is 43.4 Å². The zero-order valence-corrected chi connectivity index (χ0v) is 9.64. The van der Waals surface area contributed by atoms with Gasteiger partial charge in [0.25, 0.3) is 0 Å². The van der Waals surface area contributed by atoms with Gasteiger partial charge in [-0.05, 0) is 18.9 Å². The van der Waals surface area contributed by atoms with Gasteiger partial charge in [-0.2, -0.15) is 0 Å². The first-order valence-corrected chi connectivity index (χ1v) is 5.64. The molecule has 1 rings (SSSR count). The van der Waals surface area contributed by atoms with Crippen LogP contribution in [0.4, 0.5) is 0 Å². The van der Waals surface area contributed by atoms with Gasteiger partial charge in [-0.25, -0.2) is 0 Å².